The quantitative estimate of drug-likeness (QED) is 0.875. The number of H-pyrrole nitrogens is 1. The smallest absolute Gasteiger partial charge is 0.328 e. The molecule has 1 N–H and O–H groups in total. The summed E-state index contributed by atoms with van der Waals surface area (Å²) in [6.07, 6.45) is -4.12. The van der Waals surface area contributed by atoms with E-state index < -0.39 is 18.4 Å². The molecule has 0 atom stereocenters. The van der Waals surface area contributed by atoms with E-state index in [-0.39, 0.29) is 18.0 Å². The summed E-state index contributed by atoms with van der Waals surface area (Å²) in [7, 11) is 0. The number of aromatic amines is 1. The first-order valence-corrected chi connectivity index (χ1v) is 7.31. The van der Waals surface area contributed by atoms with E-state index in [0.29, 0.717) is 22.4 Å². The summed E-state index contributed by atoms with van der Waals surface area (Å²) in [5, 5.41) is 0.295. The molecular formula is C16H16F3N3O2. The van der Waals surface area contributed by atoms with Crippen LogP contribution >= 0.6 is 0 Å². The molecule has 24 heavy (non-hydrogen) atoms. The van der Waals surface area contributed by atoms with Crippen LogP contribution in [0.15, 0.2) is 11.0 Å². The molecule has 5 nitrogen and oxygen atoms in total. The monoisotopic (exact) mass is 339 g/mol. The van der Waals surface area contributed by atoms with Crippen molar-refractivity contribution in [3.05, 3.63) is 27.9 Å². The minimum atomic E-state index is -4.84. The lowest BCUT2D eigenvalue weighted by atomic mass is 10.2. The van der Waals surface area contributed by atoms with Crippen LogP contribution in [0.1, 0.15) is 44.1 Å². The van der Waals surface area contributed by atoms with Crippen LogP contribution in [0.3, 0.4) is 0 Å². The Hall–Kier alpha value is -2.56. The highest BCUT2D eigenvalue weighted by atomic mass is 19.4. The van der Waals surface area contributed by atoms with Gasteiger partial charge in [-0.05, 0) is 20.8 Å². The molecular weight excluding hydrogens is 323 g/mol. The number of rotatable bonds is 3. The maximum Gasteiger partial charge on any atom is 0.450 e. The van der Waals surface area contributed by atoms with Crippen LogP contribution in [-0.4, -0.2) is 26.5 Å². The lowest BCUT2D eigenvalue weighted by molar-refractivity contribution is -0.170. The predicted molar refractivity (Wildman–Crippen MR) is 82.6 cm³/mol. The molecule has 2 aromatic rings. The molecule has 128 valence electrons. The number of alkyl halides is 3. The number of aryl methyl sites for hydroxylation is 1. The lowest BCUT2D eigenvalue weighted by Gasteiger charge is -2.07. The minimum absolute atomic E-state index is 0.0311. The molecule has 0 aliphatic carbocycles. The second kappa shape index (κ2) is 6.51. The topological polar surface area (TPSA) is 67.8 Å². The van der Waals surface area contributed by atoms with Crippen molar-refractivity contribution in [2.45, 2.75) is 45.8 Å². The predicted octanol–water partition coefficient (Wildman–Crippen LogP) is 2.88. The summed E-state index contributed by atoms with van der Waals surface area (Å²) in [6, 6.07) is 0.0311. The maximum atomic E-state index is 12.1. The van der Waals surface area contributed by atoms with Gasteiger partial charge in [0.2, 0.25) is 5.78 Å². The maximum absolute atomic E-state index is 12.1. The molecule has 8 heteroatoms. The van der Waals surface area contributed by atoms with Gasteiger partial charge in [0.05, 0.1) is 10.9 Å². The minimum Gasteiger partial charge on any atom is -0.328 e. The van der Waals surface area contributed by atoms with Crippen LogP contribution in [-0.2, 0) is 4.79 Å². The molecule has 0 saturated heterocycles. The van der Waals surface area contributed by atoms with E-state index in [4.69, 9.17) is 0 Å². The molecule has 0 amide bonds. The van der Waals surface area contributed by atoms with Crippen molar-refractivity contribution in [1.82, 2.24) is 14.5 Å². The highest BCUT2D eigenvalue weighted by molar-refractivity contribution is 5.84. The van der Waals surface area contributed by atoms with Crippen LogP contribution in [0.25, 0.3) is 11.0 Å². The van der Waals surface area contributed by atoms with Crippen molar-refractivity contribution in [3.8, 4) is 11.8 Å². The Morgan fingerprint density at radius 2 is 2.08 bits per heavy atom. The first-order chi connectivity index (χ1) is 11.1. The number of ketones is 1. The van der Waals surface area contributed by atoms with Gasteiger partial charge in [0.15, 0.2) is 0 Å². The fourth-order valence-corrected chi connectivity index (χ4v) is 2.23. The van der Waals surface area contributed by atoms with Gasteiger partial charge in [-0.1, -0.05) is 11.8 Å². The average molecular weight is 339 g/mol. The Labute approximate surface area is 135 Å². The van der Waals surface area contributed by atoms with E-state index >= 15 is 0 Å². The number of nitrogens with one attached hydrogen (secondary N) is 1. The Bertz CT molecular complexity index is 895. The van der Waals surface area contributed by atoms with Gasteiger partial charge in [-0.2, -0.15) is 13.2 Å². The third-order valence-corrected chi connectivity index (χ3v) is 3.37. The van der Waals surface area contributed by atoms with E-state index in [2.05, 4.69) is 21.8 Å². The van der Waals surface area contributed by atoms with E-state index in [0.717, 1.165) is 0 Å². The summed E-state index contributed by atoms with van der Waals surface area (Å²) in [4.78, 5) is 29.8. The van der Waals surface area contributed by atoms with Crippen LogP contribution in [0.2, 0.25) is 0 Å². The molecule has 0 aliphatic heterocycles. The van der Waals surface area contributed by atoms with Gasteiger partial charge in [-0.15, -0.1) is 0 Å². The standard InChI is InChI=1S/C16H16F3N3O2/c1-9(2)22-8-11(6-4-5-7-12(23)16(17,18)19)13-14(22)20-10(3)21-15(13)24/h8-9H,5,7H2,1-3H3,(H,20,21,24). The summed E-state index contributed by atoms with van der Waals surface area (Å²) in [5.74, 6) is 3.86. The number of hydrogen-bond donors (Lipinski definition) is 1. The van der Waals surface area contributed by atoms with Crippen molar-refractivity contribution in [2.24, 2.45) is 0 Å². The number of nitrogens with zero attached hydrogens (tertiary/aromatic N) is 2. The number of halogens is 3. The molecule has 0 fully saturated rings. The third-order valence-electron chi connectivity index (χ3n) is 3.37. The van der Waals surface area contributed by atoms with E-state index in [9.17, 15) is 22.8 Å². The van der Waals surface area contributed by atoms with E-state index in [1.54, 1.807) is 17.7 Å². The van der Waals surface area contributed by atoms with Crippen molar-refractivity contribution >= 4 is 16.8 Å². The molecule has 2 aromatic heterocycles. The molecule has 0 aliphatic rings. The van der Waals surface area contributed by atoms with Gasteiger partial charge in [0.1, 0.15) is 11.5 Å². The number of carbonyl (C=O) groups is 1. The molecule has 0 spiro atoms. The first kappa shape index (κ1) is 17.8. The zero-order valence-electron chi connectivity index (χ0n) is 13.4. The van der Waals surface area contributed by atoms with Crippen LogP contribution < -0.4 is 5.56 Å². The number of hydrogen-bond acceptors (Lipinski definition) is 3. The zero-order valence-corrected chi connectivity index (χ0v) is 13.4. The van der Waals surface area contributed by atoms with E-state index in [1.165, 1.54) is 0 Å². The van der Waals surface area contributed by atoms with E-state index in [1.807, 2.05) is 13.8 Å². The van der Waals surface area contributed by atoms with Gasteiger partial charge in [0, 0.05) is 25.1 Å². The van der Waals surface area contributed by atoms with Crippen molar-refractivity contribution < 1.29 is 18.0 Å². The van der Waals surface area contributed by atoms with Crippen LogP contribution in [0.5, 0.6) is 0 Å². The van der Waals surface area contributed by atoms with Gasteiger partial charge in [0.25, 0.3) is 5.56 Å². The fourth-order valence-electron chi connectivity index (χ4n) is 2.23. The van der Waals surface area contributed by atoms with Crippen LogP contribution in [0, 0.1) is 18.8 Å². The summed E-state index contributed by atoms with van der Waals surface area (Å²) in [6.45, 7) is 5.49. The van der Waals surface area contributed by atoms with Gasteiger partial charge >= 0.3 is 6.18 Å². The number of carbonyl (C=O) groups excluding carboxylic acids is 1. The molecule has 0 radical (unpaired) electrons. The molecule has 0 unspecified atom stereocenters. The molecule has 2 rings (SSSR count). The number of aromatic nitrogens is 3. The van der Waals surface area contributed by atoms with Gasteiger partial charge < -0.3 is 9.55 Å². The normalized spacial score (nSPS) is 11.6. The molecule has 0 aromatic carbocycles. The highest BCUT2D eigenvalue weighted by Gasteiger charge is 2.37. The highest BCUT2D eigenvalue weighted by Crippen LogP contribution is 2.20. The second-order valence-electron chi connectivity index (χ2n) is 5.62. The van der Waals surface area contributed by atoms with Crippen molar-refractivity contribution in [2.75, 3.05) is 0 Å². The number of fused-ring (bicyclic) bond motifs is 1. The third kappa shape index (κ3) is 3.67. The van der Waals surface area contributed by atoms with Gasteiger partial charge in [-0.25, -0.2) is 4.98 Å². The van der Waals surface area contributed by atoms with Crippen LogP contribution in [0.4, 0.5) is 13.2 Å². The molecule has 2 heterocycles. The summed E-state index contributed by atoms with van der Waals surface area (Å²) < 4.78 is 38.2. The Morgan fingerprint density at radius 1 is 1.42 bits per heavy atom. The zero-order chi connectivity index (χ0) is 18.1. The summed E-state index contributed by atoms with van der Waals surface area (Å²) >= 11 is 0. The summed E-state index contributed by atoms with van der Waals surface area (Å²) in [5.41, 5.74) is 0.501. The first-order valence-electron chi connectivity index (χ1n) is 7.31. The Balaban J connectivity index is 2.36. The largest absolute Gasteiger partial charge is 0.450 e. The van der Waals surface area contributed by atoms with Gasteiger partial charge in [-0.3, -0.25) is 9.59 Å². The Morgan fingerprint density at radius 3 is 2.67 bits per heavy atom. The molecule has 0 saturated carbocycles. The fraction of sp³-hybridized carbons (Fsp3) is 0.438. The average Bonchev–Trinajstić information content (AvgIpc) is 2.81. The Kier molecular flexibility index (Phi) is 4.83. The van der Waals surface area contributed by atoms with Crippen molar-refractivity contribution in [1.29, 1.82) is 0 Å². The lowest BCUT2D eigenvalue weighted by Crippen LogP contribution is -2.21. The SMILES string of the molecule is Cc1nc2c(c(C#CCCC(=O)C(F)(F)F)cn2C(C)C)c(=O)[nH]1. The molecule has 0 bridgehead atoms. The number of Topliss-reactive ketones (excluding diaryl/α,β-unsaturated/α-hetero) is 1. The van der Waals surface area contributed by atoms with Crippen molar-refractivity contribution in [3.63, 3.8) is 0 Å². The second-order valence-corrected chi connectivity index (χ2v) is 5.62.